The maximum atomic E-state index is 12.3. The lowest BCUT2D eigenvalue weighted by Gasteiger charge is -2.32. The van der Waals surface area contributed by atoms with E-state index in [0.29, 0.717) is 24.2 Å². The largest absolute Gasteiger partial charge is 0.353 e. The minimum Gasteiger partial charge on any atom is -0.353 e. The monoisotopic (exact) mass is 271 g/mol. The number of rotatable bonds is 2. The number of carbonyl (C=O) groups excluding carboxylic acids is 2. The molecule has 5 heteroatoms. The second-order valence-electron chi connectivity index (χ2n) is 4.96. The van der Waals surface area contributed by atoms with Crippen molar-refractivity contribution in [2.45, 2.75) is 25.8 Å². The van der Waals surface area contributed by atoms with Crippen molar-refractivity contribution in [3.05, 3.63) is 35.4 Å². The van der Waals surface area contributed by atoms with E-state index in [1.165, 1.54) is 6.92 Å². The number of benzene rings is 1. The summed E-state index contributed by atoms with van der Waals surface area (Å²) in [6.45, 7) is 2.79. The molecule has 1 aromatic rings. The summed E-state index contributed by atoms with van der Waals surface area (Å²) in [6, 6.07) is 8.86. The Morgan fingerprint density at radius 3 is 2.35 bits per heavy atom. The first-order chi connectivity index (χ1) is 9.60. The topological polar surface area (TPSA) is 73.2 Å². The maximum absolute atomic E-state index is 12.3. The van der Waals surface area contributed by atoms with Crippen molar-refractivity contribution in [3.8, 4) is 6.07 Å². The van der Waals surface area contributed by atoms with Crippen LogP contribution in [-0.4, -0.2) is 35.8 Å². The summed E-state index contributed by atoms with van der Waals surface area (Å²) in [5.41, 5.74) is 1.15. The first kappa shape index (κ1) is 14.1. The second kappa shape index (κ2) is 6.20. The standard InChI is InChI=1S/C15H17N3O2/c1-11(19)17-14-6-8-18(9-7-14)15(20)13-4-2-12(10-16)3-5-13/h2-5,14H,6-9H2,1H3,(H,17,19). The summed E-state index contributed by atoms with van der Waals surface area (Å²) in [5.74, 6) is -0.0439. The molecule has 0 aliphatic carbocycles. The number of hydrogen-bond acceptors (Lipinski definition) is 3. The predicted molar refractivity (Wildman–Crippen MR) is 73.9 cm³/mol. The molecule has 104 valence electrons. The van der Waals surface area contributed by atoms with E-state index in [4.69, 9.17) is 5.26 Å². The zero-order valence-electron chi connectivity index (χ0n) is 11.4. The molecule has 1 aliphatic rings. The normalized spacial score (nSPS) is 15.5. The van der Waals surface area contributed by atoms with Crippen molar-refractivity contribution in [1.82, 2.24) is 10.2 Å². The van der Waals surface area contributed by atoms with Crippen molar-refractivity contribution in [2.75, 3.05) is 13.1 Å². The smallest absolute Gasteiger partial charge is 0.253 e. The third-order valence-electron chi connectivity index (χ3n) is 3.45. The van der Waals surface area contributed by atoms with E-state index in [1.54, 1.807) is 29.2 Å². The Hall–Kier alpha value is -2.35. The molecule has 1 aliphatic heterocycles. The van der Waals surface area contributed by atoms with Gasteiger partial charge in [0.15, 0.2) is 0 Å². The third kappa shape index (κ3) is 3.35. The SMILES string of the molecule is CC(=O)NC1CCN(C(=O)c2ccc(C#N)cc2)CC1. The van der Waals surface area contributed by atoms with Crippen molar-refractivity contribution in [2.24, 2.45) is 0 Å². The number of nitrogens with zero attached hydrogens (tertiary/aromatic N) is 2. The second-order valence-corrected chi connectivity index (χ2v) is 4.96. The first-order valence-electron chi connectivity index (χ1n) is 6.66. The third-order valence-corrected chi connectivity index (χ3v) is 3.45. The molecule has 1 aromatic carbocycles. The Morgan fingerprint density at radius 2 is 1.85 bits per heavy atom. The van der Waals surface area contributed by atoms with Crippen LogP contribution in [0.1, 0.15) is 35.7 Å². The first-order valence-corrected chi connectivity index (χ1v) is 6.66. The molecule has 0 spiro atoms. The van der Waals surface area contributed by atoms with E-state index < -0.39 is 0 Å². The Bertz CT molecular complexity index is 537. The van der Waals surface area contributed by atoms with Crippen LogP contribution in [0.4, 0.5) is 0 Å². The van der Waals surface area contributed by atoms with Gasteiger partial charge in [-0.25, -0.2) is 0 Å². The van der Waals surface area contributed by atoms with E-state index in [0.717, 1.165) is 12.8 Å². The van der Waals surface area contributed by atoms with Gasteiger partial charge in [-0.2, -0.15) is 5.26 Å². The number of nitrogens with one attached hydrogen (secondary N) is 1. The minimum atomic E-state index is -0.0260. The van der Waals surface area contributed by atoms with Crippen molar-refractivity contribution in [1.29, 1.82) is 5.26 Å². The highest BCUT2D eigenvalue weighted by Crippen LogP contribution is 2.14. The molecule has 2 amide bonds. The maximum Gasteiger partial charge on any atom is 0.253 e. The van der Waals surface area contributed by atoms with Gasteiger partial charge >= 0.3 is 0 Å². The molecule has 0 atom stereocenters. The highest BCUT2D eigenvalue weighted by atomic mass is 16.2. The number of hydrogen-bond donors (Lipinski definition) is 1. The van der Waals surface area contributed by atoms with Crippen LogP contribution in [-0.2, 0) is 4.79 Å². The van der Waals surface area contributed by atoms with Crippen LogP contribution in [0, 0.1) is 11.3 Å². The van der Waals surface area contributed by atoms with Gasteiger partial charge in [0.1, 0.15) is 0 Å². The van der Waals surface area contributed by atoms with Gasteiger partial charge in [0, 0.05) is 31.6 Å². The zero-order chi connectivity index (χ0) is 14.5. The Morgan fingerprint density at radius 1 is 1.25 bits per heavy atom. The summed E-state index contributed by atoms with van der Waals surface area (Å²) in [7, 11) is 0. The number of carbonyl (C=O) groups is 2. The van der Waals surface area contributed by atoms with Gasteiger partial charge in [-0.1, -0.05) is 0 Å². The average molecular weight is 271 g/mol. The molecule has 1 saturated heterocycles. The molecule has 0 bridgehead atoms. The molecule has 1 heterocycles. The molecule has 0 radical (unpaired) electrons. The highest BCUT2D eigenvalue weighted by molar-refractivity contribution is 5.94. The molecule has 0 aromatic heterocycles. The van der Waals surface area contributed by atoms with Crippen LogP contribution in [0.3, 0.4) is 0 Å². The van der Waals surface area contributed by atoms with E-state index in [1.807, 2.05) is 6.07 Å². The molecule has 20 heavy (non-hydrogen) atoms. The fourth-order valence-corrected chi connectivity index (χ4v) is 2.38. The van der Waals surface area contributed by atoms with Gasteiger partial charge in [0.2, 0.25) is 5.91 Å². The Kier molecular flexibility index (Phi) is 4.36. The molecular weight excluding hydrogens is 254 g/mol. The Balaban J connectivity index is 1.94. The van der Waals surface area contributed by atoms with Crippen LogP contribution in [0.2, 0.25) is 0 Å². The van der Waals surface area contributed by atoms with Crippen LogP contribution < -0.4 is 5.32 Å². The van der Waals surface area contributed by atoms with E-state index in [-0.39, 0.29) is 17.9 Å². The van der Waals surface area contributed by atoms with E-state index in [9.17, 15) is 9.59 Å². The van der Waals surface area contributed by atoms with Crippen molar-refractivity contribution < 1.29 is 9.59 Å². The van der Waals surface area contributed by atoms with Gasteiger partial charge < -0.3 is 10.2 Å². The van der Waals surface area contributed by atoms with Gasteiger partial charge in [-0.05, 0) is 37.1 Å². The fourth-order valence-electron chi connectivity index (χ4n) is 2.38. The number of amides is 2. The fraction of sp³-hybridized carbons (Fsp3) is 0.400. The lowest BCUT2D eigenvalue weighted by molar-refractivity contribution is -0.119. The molecular formula is C15H17N3O2. The molecule has 0 saturated carbocycles. The van der Waals surface area contributed by atoms with Gasteiger partial charge in [-0.3, -0.25) is 9.59 Å². The summed E-state index contributed by atoms with van der Waals surface area (Å²) in [6.07, 6.45) is 1.56. The van der Waals surface area contributed by atoms with Crippen LogP contribution >= 0.6 is 0 Å². The molecule has 1 fully saturated rings. The Labute approximate surface area is 118 Å². The molecule has 1 N–H and O–H groups in total. The zero-order valence-corrected chi connectivity index (χ0v) is 11.4. The van der Waals surface area contributed by atoms with Crippen LogP contribution in [0.15, 0.2) is 24.3 Å². The summed E-state index contributed by atoms with van der Waals surface area (Å²) in [4.78, 5) is 25.1. The molecule has 5 nitrogen and oxygen atoms in total. The van der Waals surface area contributed by atoms with Crippen LogP contribution in [0.25, 0.3) is 0 Å². The quantitative estimate of drug-likeness (QED) is 0.881. The molecule has 2 rings (SSSR count). The average Bonchev–Trinajstić information content (AvgIpc) is 2.47. The highest BCUT2D eigenvalue weighted by Gasteiger charge is 2.23. The number of likely N-dealkylation sites (tertiary alicyclic amines) is 1. The van der Waals surface area contributed by atoms with Crippen molar-refractivity contribution >= 4 is 11.8 Å². The molecule has 0 unspecified atom stereocenters. The summed E-state index contributed by atoms with van der Waals surface area (Å²) in [5, 5.41) is 11.6. The van der Waals surface area contributed by atoms with Crippen molar-refractivity contribution in [3.63, 3.8) is 0 Å². The van der Waals surface area contributed by atoms with Gasteiger partial charge in [0.05, 0.1) is 11.6 Å². The number of nitriles is 1. The lowest BCUT2D eigenvalue weighted by atomic mass is 10.0. The van der Waals surface area contributed by atoms with Gasteiger partial charge in [0.25, 0.3) is 5.91 Å². The predicted octanol–water partition coefficient (Wildman–Crippen LogP) is 1.30. The van der Waals surface area contributed by atoms with E-state index >= 15 is 0 Å². The number of piperidine rings is 1. The lowest BCUT2D eigenvalue weighted by Crippen LogP contribution is -2.46. The van der Waals surface area contributed by atoms with E-state index in [2.05, 4.69) is 5.32 Å². The minimum absolute atomic E-state index is 0.0178. The van der Waals surface area contributed by atoms with Crippen LogP contribution in [0.5, 0.6) is 0 Å². The summed E-state index contributed by atoms with van der Waals surface area (Å²) < 4.78 is 0. The summed E-state index contributed by atoms with van der Waals surface area (Å²) >= 11 is 0. The van der Waals surface area contributed by atoms with Gasteiger partial charge in [-0.15, -0.1) is 0 Å².